The summed E-state index contributed by atoms with van der Waals surface area (Å²) in [6.45, 7) is 4.55. The van der Waals surface area contributed by atoms with Crippen molar-refractivity contribution in [3.05, 3.63) is 47.0 Å². The van der Waals surface area contributed by atoms with Gasteiger partial charge in [0.05, 0.1) is 18.0 Å². The SMILES string of the molecule is CCOc1ccc(C2=NC(C=O)c3c(C)nc(C4CCCC4)n3N2)cc1. The molecule has 1 aromatic carbocycles. The maximum atomic E-state index is 11.7. The molecule has 1 N–H and O–H groups in total. The minimum atomic E-state index is -0.527. The van der Waals surface area contributed by atoms with Crippen LogP contribution in [0.5, 0.6) is 5.75 Å². The lowest BCUT2D eigenvalue weighted by molar-refractivity contribution is -0.109. The van der Waals surface area contributed by atoms with Crippen molar-refractivity contribution in [2.45, 2.75) is 51.5 Å². The number of aryl methyl sites for hydroxylation is 1. The number of amidine groups is 1. The van der Waals surface area contributed by atoms with Gasteiger partial charge in [-0.05, 0) is 51.0 Å². The average molecular weight is 352 g/mol. The van der Waals surface area contributed by atoms with E-state index in [1.165, 1.54) is 12.8 Å². The van der Waals surface area contributed by atoms with E-state index in [2.05, 4.69) is 10.4 Å². The molecule has 26 heavy (non-hydrogen) atoms. The van der Waals surface area contributed by atoms with E-state index in [1.807, 2.05) is 42.8 Å². The van der Waals surface area contributed by atoms with Crippen LogP contribution in [0.15, 0.2) is 29.3 Å². The smallest absolute Gasteiger partial charge is 0.151 e. The van der Waals surface area contributed by atoms with Crippen LogP contribution in [0.3, 0.4) is 0 Å². The van der Waals surface area contributed by atoms with Gasteiger partial charge in [0.15, 0.2) is 12.3 Å². The molecule has 0 spiro atoms. The standard InChI is InChI=1S/C20H24N4O2/c1-3-26-16-10-8-14(9-11-16)19-22-17(12-25)18-13(2)21-20(24(18)23-19)15-6-4-5-7-15/h8-12,15,17H,3-7H2,1-2H3,(H,22,23). The van der Waals surface area contributed by atoms with E-state index in [9.17, 15) is 4.79 Å². The molecular weight excluding hydrogens is 328 g/mol. The lowest BCUT2D eigenvalue weighted by Gasteiger charge is -2.25. The highest BCUT2D eigenvalue weighted by molar-refractivity contribution is 6.05. The molecule has 2 aliphatic rings. The van der Waals surface area contributed by atoms with Gasteiger partial charge in [-0.2, -0.15) is 0 Å². The third-order valence-corrected chi connectivity index (χ3v) is 5.18. The Labute approximate surface area is 153 Å². The first-order valence-electron chi connectivity index (χ1n) is 9.33. The van der Waals surface area contributed by atoms with Crippen molar-refractivity contribution in [3.63, 3.8) is 0 Å². The Balaban J connectivity index is 1.70. The minimum Gasteiger partial charge on any atom is -0.494 e. The molecular formula is C20H24N4O2. The van der Waals surface area contributed by atoms with Crippen LogP contribution in [0.1, 0.15) is 67.3 Å². The second kappa shape index (κ2) is 6.94. The topological polar surface area (TPSA) is 68.5 Å². The number of imidazole rings is 1. The number of hydrogen-bond acceptors (Lipinski definition) is 5. The molecule has 0 saturated heterocycles. The van der Waals surface area contributed by atoms with Gasteiger partial charge in [0.1, 0.15) is 17.4 Å². The fourth-order valence-corrected chi connectivity index (χ4v) is 3.93. The zero-order chi connectivity index (χ0) is 18.1. The summed E-state index contributed by atoms with van der Waals surface area (Å²) in [6.07, 6.45) is 5.68. The first-order chi connectivity index (χ1) is 12.7. The highest BCUT2D eigenvalue weighted by Gasteiger charge is 2.31. The van der Waals surface area contributed by atoms with Gasteiger partial charge in [-0.15, -0.1) is 0 Å². The summed E-state index contributed by atoms with van der Waals surface area (Å²) < 4.78 is 7.51. The summed E-state index contributed by atoms with van der Waals surface area (Å²) in [4.78, 5) is 21.1. The normalized spacial score (nSPS) is 19.6. The number of carbonyl (C=O) groups excluding carboxylic acids is 1. The summed E-state index contributed by atoms with van der Waals surface area (Å²) in [7, 11) is 0. The molecule has 1 fully saturated rings. The summed E-state index contributed by atoms with van der Waals surface area (Å²) in [6, 6.07) is 7.24. The van der Waals surface area contributed by atoms with Gasteiger partial charge < -0.3 is 9.53 Å². The maximum Gasteiger partial charge on any atom is 0.151 e. The Kier molecular flexibility index (Phi) is 4.49. The number of nitrogens with zero attached hydrogens (tertiary/aromatic N) is 3. The Hall–Kier alpha value is -2.63. The molecule has 1 saturated carbocycles. The van der Waals surface area contributed by atoms with Gasteiger partial charge in [-0.1, -0.05) is 12.8 Å². The lowest BCUT2D eigenvalue weighted by Crippen LogP contribution is -2.33. The summed E-state index contributed by atoms with van der Waals surface area (Å²) in [5, 5.41) is 0. The van der Waals surface area contributed by atoms with Crippen LogP contribution in [0, 0.1) is 6.92 Å². The second-order valence-electron chi connectivity index (χ2n) is 6.89. The first kappa shape index (κ1) is 16.8. The number of aliphatic imine (C=N–C) groups is 1. The molecule has 1 unspecified atom stereocenters. The fraction of sp³-hybridized carbons (Fsp3) is 0.450. The Morgan fingerprint density at radius 1 is 1.27 bits per heavy atom. The van der Waals surface area contributed by atoms with Crippen molar-refractivity contribution >= 4 is 12.1 Å². The van der Waals surface area contributed by atoms with E-state index in [-0.39, 0.29) is 0 Å². The monoisotopic (exact) mass is 352 g/mol. The Morgan fingerprint density at radius 3 is 2.65 bits per heavy atom. The lowest BCUT2D eigenvalue weighted by atomic mass is 10.1. The number of aldehydes is 1. The number of carbonyl (C=O) groups is 1. The third kappa shape index (κ3) is 2.89. The van der Waals surface area contributed by atoms with Gasteiger partial charge in [-0.3, -0.25) is 5.43 Å². The van der Waals surface area contributed by atoms with Crippen LogP contribution in [-0.2, 0) is 4.79 Å². The van der Waals surface area contributed by atoms with Crippen molar-refractivity contribution in [1.29, 1.82) is 0 Å². The molecule has 136 valence electrons. The highest BCUT2D eigenvalue weighted by Crippen LogP contribution is 2.36. The van der Waals surface area contributed by atoms with E-state index in [0.29, 0.717) is 18.4 Å². The van der Waals surface area contributed by atoms with Crippen LogP contribution >= 0.6 is 0 Å². The van der Waals surface area contributed by atoms with E-state index in [4.69, 9.17) is 9.72 Å². The maximum absolute atomic E-state index is 11.7. The van der Waals surface area contributed by atoms with E-state index < -0.39 is 6.04 Å². The molecule has 2 aromatic rings. The molecule has 6 heteroatoms. The molecule has 0 amide bonds. The highest BCUT2D eigenvalue weighted by atomic mass is 16.5. The van der Waals surface area contributed by atoms with Gasteiger partial charge in [0, 0.05) is 11.5 Å². The molecule has 0 bridgehead atoms. The fourth-order valence-electron chi connectivity index (χ4n) is 3.93. The van der Waals surface area contributed by atoms with Crippen LogP contribution in [0.4, 0.5) is 0 Å². The quantitative estimate of drug-likeness (QED) is 0.837. The van der Waals surface area contributed by atoms with Crippen molar-refractivity contribution < 1.29 is 9.53 Å². The van der Waals surface area contributed by atoms with E-state index >= 15 is 0 Å². The van der Waals surface area contributed by atoms with Crippen molar-refractivity contribution in [3.8, 4) is 5.75 Å². The number of ether oxygens (including phenoxy) is 1. The minimum absolute atomic E-state index is 0.446. The Bertz CT molecular complexity index is 832. The number of rotatable bonds is 5. The number of fused-ring (bicyclic) bond motifs is 1. The summed E-state index contributed by atoms with van der Waals surface area (Å²) in [5.41, 5.74) is 6.06. The van der Waals surface area contributed by atoms with Crippen LogP contribution < -0.4 is 10.2 Å². The second-order valence-corrected chi connectivity index (χ2v) is 6.89. The van der Waals surface area contributed by atoms with Gasteiger partial charge >= 0.3 is 0 Å². The van der Waals surface area contributed by atoms with Crippen molar-refractivity contribution in [2.24, 2.45) is 4.99 Å². The Morgan fingerprint density at radius 2 is 2.00 bits per heavy atom. The van der Waals surface area contributed by atoms with Crippen LogP contribution in [-0.4, -0.2) is 28.4 Å². The molecule has 0 radical (unpaired) electrons. The van der Waals surface area contributed by atoms with Gasteiger partial charge in [0.2, 0.25) is 0 Å². The van der Waals surface area contributed by atoms with E-state index in [0.717, 1.165) is 47.7 Å². The number of benzene rings is 1. The average Bonchev–Trinajstić information content (AvgIpc) is 3.30. The van der Waals surface area contributed by atoms with Crippen molar-refractivity contribution in [1.82, 2.24) is 9.66 Å². The number of aromatic nitrogens is 2. The predicted molar refractivity (Wildman–Crippen MR) is 100 cm³/mol. The van der Waals surface area contributed by atoms with Gasteiger partial charge in [-0.25, -0.2) is 14.7 Å². The molecule has 6 nitrogen and oxygen atoms in total. The largest absolute Gasteiger partial charge is 0.494 e. The zero-order valence-corrected chi connectivity index (χ0v) is 15.2. The molecule has 2 heterocycles. The summed E-state index contributed by atoms with van der Waals surface area (Å²) in [5.74, 6) is 2.99. The number of nitrogens with one attached hydrogen (secondary N) is 1. The molecule has 1 aliphatic carbocycles. The summed E-state index contributed by atoms with van der Waals surface area (Å²) >= 11 is 0. The zero-order valence-electron chi connectivity index (χ0n) is 15.2. The molecule has 1 aliphatic heterocycles. The van der Waals surface area contributed by atoms with Crippen molar-refractivity contribution in [2.75, 3.05) is 12.0 Å². The third-order valence-electron chi connectivity index (χ3n) is 5.18. The van der Waals surface area contributed by atoms with Gasteiger partial charge in [0.25, 0.3) is 0 Å². The molecule has 1 atom stereocenters. The predicted octanol–water partition coefficient (Wildman–Crippen LogP) is 3.49. The number of hydrogen-bond donors (Lipinski definition) is 1. The molecule has 1 aromatic heterocycles. The van der Waals surface area contributed by atoms with E-state index in [1.54, 1.807) is 0 Å². The van der Waals surface area contributed by atoms with Crippen LogP contribution in [0.25, 0.3) is 0 Å². The molecule has 4 rings (SSSR count). The first-order valence-corrected chi connectivity index (χ1v) is 9.33. The van der Waals surface area contributed by atoms with Crippen LogP contribution in [0.2, 0.25) is 0 Å².